The largest absolute Gasteiger partial charge is 0.495 e. The molecule has 6 nitrogen and oxygen atoms in total. The molecule has 1 aromatic rings. The Bertz CT molecular complexity index is 592. The molecular formula is C22H38N4O2. The molecule has 0 aromatic heterocycles. The van der Waals surface area contributed by atoms with Gasteiger partial charge in [-0.25, -0.2) is 0 Å². The molecule has 1 fully saturated rings. The van der Waals surface area contributed by atoms with E-state index in [0.717, 1.165) is 43.5 Å². The summed E-state index contributed by atoms with van der Waals surface area (Å²) in [5.41, 5.74) is 8.96. The second-order valence-corrected chi connectivity index (χ2v) is 7.08. The van der Waals surface area contributed by atoms with Gasteiger partial charge in [-0.05, 0) is 24.5 Å². The average molecular weight is 391 g/mol. The van der Waals surface area contributed by atoms with E-state index in [2.05, 4.69) is 41.6 Å². The predicted octanol–water partition coefficient (Wildman–Crippen LogP) is 3.64. The Morgan fingerprint density at radius 3 is 2.39 bits per heavy atom. The molecule has 1 aliphatic rings. The van der Waals surface area contributed by atoms with Crippen molar-refractivity contribution >= 4 is 23.3 Å². The fraction of sp³-hybridized carbons (Fsp3) is 0.591. The Morgan fingerprint density at radius 2 is 1.93 bits per heavy atom. The molecule has 0 aliphatic carbocycles. The summed E-state index contributed by atoms with van der Waals surface area (Å²) >= 11 is 0. The minimum Gasteiger partial charge on any atom is -0.495 e. The van der Waals surface area contributed by atoms with Gasteiger partial charge in [-0.15, -0.1) is 0 Å². The molecule has 1 saturated heterocycles. The van der Waals surface area contributed by atoms with Gasteiger partial charge >= 0.3 is 0 Å². The van der Waals surface area contributed by atoms with Crippen LogP contribution in [-0.2, 0) is 4.79 Å². The summed E-state index contributed by atoms with van der Waals surface area (Å²) in [6.07, 6.45) is 5.75. The lowest BCUT2D eigenvalue weighted by atomic mass is 10.00. The van der Waals surface area contributed by atoms with Gasteiger partial charge in [-0.1, -0.05) is 33.3 Å². The van der Waals surface area contributed by atoms with Crippen molar-refractivity contribution < 1.29 is 9.53 Å². The van der Waals surface area contributed by atoms with Crippen LogP contribution in [0.5, 0.6) is 5.75 Å². The number of nitrogens with two attached hydrogens (primary N) is 1. The van der Waals surface area contributed by atoms with Crippen LogP contribution in [0.15, 0.2) is 24.8 Å². The summed E-state index contributed by atoms with van der Waals surface area (Å²) in [5, 5.41) is 3.26. The van der Waals surface area contributed by atoms with E-state index in [1.165, 1.54) is 37.6 Å². The number of methoxy groups -OCH3 is 1. The third kappa shape index (κ3) is 7.08. The highest BCUT2D eigenvalue weighted by atomic mass is 16.5. The first kappa shape index (κ1) is 23.8. The number of rotatable bonds is 9. The van der Waals surface area contributed by atoms with E-state index in [4.69, 9.17) is 15.3 Å². The third-order valence-corrected chi connectivity index (χ3v) is 5.22. The predicted molar refractivity (Wildman–Crippen MR) is 121 cm³/mol. The number of piperazine rings is 1. The van der Waals surface area contributed by atoms with E-state index >= 15 is 0 Å². The lowest BCUT2D eigenvalue weighted by molar-refractivity contribution is -0.104. The van der Waals surface area contributed by atoms with E-state index in [1.54, 1.807) is 7.11 Å². The normalized spacial score (nSPS) is 15.2. The molecule has 1 unspecified atom stereocenters. The van der Waals surface area contributed by atoms with Gasteiger partial charge in [0.1, 0.15) is 12.0 Å². The molecule has 0 radical (unpaired) electrons. The maximum atomic E-state index is 9.06. The Kier molecular flexibility index (Phi) is 11.1. The van der Waals surface area contributed by atoms with Crippen LogP contribution in [0.4, 0.5) is 17.1 Å². The minimum absolute atomic E-state index is 0.639. The molecule has 3 N–H and O–H groups in total. The third-order valence-electron chi connectivity index (χ3n) is 5.22. The highest BCUT2D eigenvalue weighted by Gasteiger charge is 2.22. The van der Waals surface area contributed by atoms with E-state index in [-0.39, 0.29) is 0 Å². The van der Waals surface area contributed by atoms with Crippen molar-refractivity contribution in [2.75, 3.05) is 62.8 Å². The zero-order valence-corrected chi connectivity index (χ0v) is 18.0. The van der Waals surface area contributed by atoms with E-state index < -0.39 is 0 Å². The number of hydrogen-bond acceptors (Lipinski definition) is 6. The Labute approximate surface area is 170 Å². The molecule has 0 amide bonds. The smallest absolute Gasteiger partial charge is 0.143 e. The highest BCUT2D eigenvalue weighted by Crippen LogP contribution is 2.35. The van der Waals surface area contributed by atoms with Crippen LogP contribution in [0, 0.1) is 5.92 Å². The molecule has 2 rings (SSSR count). The fourth-order valence-electron chi connectivity index (χ4n) is 3.59. The highest BCUT2D eigenvalue weighted by molar-refractivity contribution is 5.78. The van der Waals surface area contributed by atoms with Gasteiger partial charge in [-0.2, -0.15) is 0 Å². The van der Waals surface area contributed by atoms with Crippen molar-refractivity contribution in [3.8, 4) is 5.75 Å². The van der Waals surface area contributed by atoms with Gasteiger partial charge < -0.3 is 20.7 Å². The summed E-state index contributed by atoms with van der Waals surface area (Å²) in [7, 11) is 3.61. The van der Waals surface area contributed by atoms with E-state index in [1.807, 2.05) is 13.1 Å². The van der Waals surface area contributed by atoms with Crippen LogP contribution in [0.2, 0.25) is 0 Å². The zero-order chi connectivity index (χ0) is 20.9. The standard InChI is InChI=1S/C19H34N4O.C3H4O/c1-5-7-15(6-2)14-22-8-10-23(11-9-22)18-13-19(24-4)16(20)12-17(18)21-3;1-2-3-4/h12-13,15,21H,5-11,14,20H2,1-4H3;2-3H,1H2. The molecule has 1 heterocycles. The quantitative estimate of drug-likeness (QED) is 0.381. The second-order valence-electron chi connectivity index (χ2n) is 7.08. The molecule has 1 atom stereocenters. The molecule has 1 aromatic carbocycles. The van der Waals surface area contributed by atoms with Gasteiger partial charge in [0.15, 0.2) is 0 Å². The van der Waals surface area contributed by atoms with Crippen LogP contribution in [0.1, 0.15) is 33.1 Å². The number of carbonyl (C=O) groups excluding carboxylic acids is 1. The number of nitrogens with one attached hydrogen (secondary N) is 1. The van der Waals surface area contributed by atoms with E-state index in [9.17, 15) is 0 Å². The van der Waals surface area contributed by atoms with Crippen molar-refractivity contribution in [2.45, 2.75) is 33.1 Å². The van der Waals surface area contributed by atoms with Crippen LogP contribution >= 0.6 is 0 Å². The van der Waals surface area contributed by atoms with E-state index in [0.29, 0.717) is 12.0 Å². The SMILES string of the molecule is C=CC=O.CCCC(CC)CN1CCN(c2cc(OC)c(N)cc2NC)CC1. The molecule has 0 saturated carbocycles. The number of nitrogens with zero attached hydrogens (tertiary/aromatic N) is 2. The number of allylic oxidation sites excluding steroid dienone is 1. The second kappa shape index (κ2) is 13.0. The van der Waals surface area contributed by atoms with Crippen molar-refractivity contribution in [3.05, 3.63) is 24.8 Å². The molecule has 1 aliphatic heterocycles. The zero-order valence-electron chi connectivity index (χ0n) is 18.0. The van der Waals surface area contributed by atoms with Crippen molar-refractivity contribution in [3.63, 3.8) is 0 Å². The van der Waals surface area contributed by atoms with Gasteiger partial charge in [0.2, 0.25) is 0 Å². The summed E-state index contributed by atoms with van der Waals surface area (Å²) < 4.78 is 5.40. The van der Waals surface area contributed by atoms with Crippen LogP contribution in [-0.4, -0.2) is 58.1 Å². The topological polar surface area (TPSA) is 70.8 Å². The van der Waals surface area contributed by atoms with Crippen LogP contribution < -0.4 is 20.7 Å². The first-order valence-electron chi connectivity index (χ1n) is 10.2. The summed E-state index contributed by atoms with van der Waals surface area (Å²) in [4.78, 5) is 14.1. The summed E-state index contributed by atoms with van der Waals surface area (Å²) in [6, 6.07) is 4.03. The lowest BCUT2D eigenvalue weighted by Crippen LogP contribution is -2.48. The first-order chi connectivity index (χ1) is 13.5. The maximum absolute atomic E-state index is 9.06. The maximum Gasteiger partial charge on any atom is 0.143 e. The molecule has 0 bridgehead atoms. The number of benzene rings is 1. The molecular weight excluding hydrogens is 352 g/mol. The van der Waals surface area contributed by atoms with Crippen LogP contribution in [0.3, 0.4) is 0 Å². The van der Waals surface area contributed by atoms with Gasteiger partial charge in [-0.3, -0.25) is 9.69 Å². The lowest BCUT2D eigenvalue weighted by Gasteiger charge is -2.38. The number of anilines is 3. The Morgan fingerprint density at radius 1 is 1.29 bits per heavy atom. The van der Waals surface area contributed by atoms with Crippen molar-refractivity contribution in [1.29, 1.82) is 0 Å². The average Bonchev–Trinajstić information content (AvgIpc) is 2.73. The monoisotopic (exact) mass is 390 g/mol. The molecule has 158 valence electrons. The molecule has 6 heteroatoms. The van der Waals surface area contributed by atoms with Crippen molar-refractivity contribution in [1.82, 2.24) is 4.90 Å². The van der Waals surface area contributed by atoms with Gasteiger partial charge in [0.05, 0.1) is 24.2 Å². The number of nitrogen functional groups attached to an aromatic ring is 1. The fourth-order valence-corrected chi connectivity index (χ4v) is 3.59. The van der Waals surface area contributed by atoms with Gasteiger partial charge in [0.25, 0.3) is 0 Å². The summed E-state index contributed by atoms with van der Waals surface area (Å²) in [6.45, 7) is 13.3. The van der Waals surface area contributed by atoms with Crippen LogP contribution in [0.25, 0.3) is 0 Å². The molecule has 28 heavy (non-hydrogen) atoms. The number of hydrogen-bond donors (Lipinski definition) is 2. The Balaban J connectivity index is 0.000000892. The summed E-state index contributed by atoms with van der Waals surface area (Å²) in [5.74, 6) is 1.59. The van der Waals surface area contributed by atoms with Gasteiger partial charge in [0, 0.05) is 45.8 Å². The number of aldehydes is 1. The number of carbonyl (C=O) groups is 1. The number of ether oxygens (including phenoxy) is 1. The molecule has 0 spiro atoms. The minimum atomic E-state index is 0.639. The van der Waals surface area contributed by atoms with Crippen molar-refractivity contribution in [2.24, 2.45) is 5.92 Å². The Hall–Kier alpha value is -2.21. The first-order valence-corrected chi connectivity index (χ1v) is 10.2.